The average Bonchev–Trinajstić information content (AvgIpc) is 2.03. The predicted molar refractivity (Wildman–Crippen MR) is 50.8 cm³/mol. The largest absolute Gasteiger partial charge is 0.466 e. The average molecular weight is 174 g/mol. The Morgan fingerprint density at radius 2 is 1.83 bits per heavy atom. The first-order valence-electron chi connectivity index (χ1n) is 3.88. The van der Waals surface area contributed by atoms with E-state index < -0.39 is 5.97 Å². The third kappa shape index (κ3) is 16.1. The van der Waals surface area contributed by atoms with Gasteiger partial charge in [-0.2, -0.15) is 0 Å². The second-order valence-electron chi connectivity index (χ2n) is 3.33. The van der Waals surface area contributed by atoms with E-state index in [0.717, 1.165) is 10.6 Å². The van der Waals surface area contributed by atoms with Crippen LogP contribution < -0.4 is 0 Å². The van der Waals surface area contributed by atoms with Crippen LogP contribution in [0.3, 0.4) is 0 Å². The fraction of sp³-hybridized carbons (Fsp3) is 0.667. The molecule has 0 aliphatic heterocycles. The number of methoxy groups -OCH3 is 1. The van der Waals surface area contributed by atoms with Gasteiger partial charge in [-0.1, -0.05) is 6.58 Å². The lowest BCUT2D eigenvalue weighted by Gasteiger charge is -2.20. The molecule has 3 nitrogen and oxygen atoms in total. The summed E-state index contributed by atoms with van der Waals surface area (Å²) in [6, 6.07) is 0. The van der Waals surface area contributed by atoms with E-state index in [2.05, 4.69) is 39.4 Å². The Balaban J connectivity index is 0. The van der Waals surface area contributed by atoms with E-state index in [1.165, 1.54) is 13.7 Å². The molecular weight excluding hydrogens is 154 g/mol. The zero-order chi connectivity index (χ0) is 10.2. The molecule has 0 aliphatic rings. The van der Waals surface area contributed by atoms with Crippen molar-refractivity contribution >= 4 is 5.97 Å². The number of nitrogens with zero attached hydrogens (tertiary/aromatic N) is 1. The van der Waals surface area contributed by atoms with Gasteiger partial charge in [-0.25, -0.2) is 4.79 Å². The van der Waals surface area contributed by atoms with E-state index >= 15 is 0 Å². The smallest absolute Gasteiger partial charge is 0.329 e. The highest BCUT2D eigenvalue weighted by Gasteiger charge is 1.97. The van der Waals surface area contributed by atoms with E-state index in [1.807, 2.05) is 0 Å². The van der Waals surface area contributed by atoms with Crippen molar-refractivity contribution in [3.63, 3.8) is 0 Å². The summed E-state index contributed by atoms with van der Waals surface area (Å²) in [6.45, 7) is 6.55. The molecule has 0 fully saturated rings. The Labute approximate surface area is 75.2 Å². The first-order chi connectivity index (χ1) is 5.37. The lowest BCUT2D eigenvalue weighted by molar-refractivity contribution is -0.868. The van der Waals surface area contributed by atoms with Crippen molar-refractivity contribution in [3.8, 4) is 0 Å². The van der Waals surface area contributed by atoms with Crippen LogP contribution in [-0.4, -0.2) is 45.2 Å². The molecule has 0 unspecified atom stereocenters. The molecule has 0 aliphatic carbocycles. The van der Waals surface area contributed by atoms with Crippen LogP contribution in [0.15, 0.2) is 12.7 Å². The van der Waals surface area contributed by atoms with Gasteiger partial charge in [0.05, 0.1) is 34.8 Å². The molecule has 0 rings (SSSR count). The highest BCUT2D eigenvalue weighted by molar-refractivity contribution is 5.80. The van der Waals surface area contributed by atoms with Crippen LogP contribution in [0.5, 0.6) is 0 Å². The van der Waals surface area contributed by atoms with Crippen LogP contribution in [0, 0.1) is 0 Å². The number of carbonyl (C=O) groups excluding carboxylic acids is 1. The van der Waals surface area contributed by atoms with Crippen molar-refractivity contribution in [1.29, 1.82) is 0 Å². The van der Waals surface area contributed by atoms with E-state index in [4.69, 9.17) is 0 Å². The molecule has 0 aromatic carbocycles. The van der Waals surface area contributed by atoms with Crippen LogP contribution in [0.1, 0.15) is 6.92 Å². The van der Waals surface area contributed by atoms with Crippen LogP contribution in [0.4, 0.5) is 0 Å². The zero-order valence-electron chi connectivity index (χ0n) is 8.76. The van der Waals surface area contributed by atoms with E-state index in [9.17, 15) is 4.79 Å². The summed E-state index contributed by atoms with van der Waals surface area (Å²) in [5.74, 6) is -0.394. The Morgan fingerprint density at radius 3 is 1.83 bits per heavy atom. The predicted octanol–water partition coefficient (Wildman–Crippen LogP) is 1.06. The quantitative estimate of drug-likeness (QED) is 0.355. The molecule has 0 amide bonds. The Kier molecular flexibility index (Phi) is 7.85. The number of quaternary nitrogens is 1. The third-order valence-electron chi connectivity index (χ3n) is 1.32. The monoisotopic (exact) mass is 174 g/mol. The fourth-order valence-electron chi connectivity index (χ4n) is 0.0833. The SMILES string of the molecule is C=CC(=O)OC.CC[N+](C)(C)C. The van der Waals surface area contributed by atoms with Crippen molar-refractivity contribution in [2.75, 3.05) is 34.8 Å². The molecule has 0 bridgehead atoms. The number of ether oxygens (including phenoxy) is 1. The topological polar surface area (TPSA) is 26.3 Å². The van der Waals surface area contributed by atoms with Gasteiger partial charge in [0.1, 0.15) is 0 Å². The van der Waals surface area contributed by atoms with Crippen LogP contribution in [-0.2, 0) is 9.53 Å². The van der Waals surface area contributed by atoms with Crippen molar-refractivity contribution in [2.45, 2.75) is 6.92 Å². The normalized spacial score (nSPS) is 9.42. The second kappa shape index (κ2) is 6.85. The standard InChI is InChI=1S/C5H14N.C4H6O2/c1-5-6(2,3)4;1-3-4(5)6-2/h5H2,1-4H3;3H,1H2,2H3/q+1;. The summed E-state index contributed by atoms with van der Waals surface area (Å²) in [4.78, 5) is 9.84. The molecule has 3 heteroatoms. The number of hydrogen-bond donors (Lipinski definition) is 0. The van der Waals surface area contributed by atoms with Gasteiger partial charge in [0, 0.05) is 6.08 Å². The lowest BCUT2D eigenvalue weighted by Crippen LogP contribution is -2.33. The number of rotatable bonds is 2. The minimum Gasteiger partial charge on any atom is -0.466 e. The molecule has 0 heterocycles. The number of esters is 1. The molecule has 0 N–H and O–H groups in total. The fourth-order valence-corrected chi connectivity index (χ4v) is 0.0833. The number of hydrogen-bond acceptors (Lipinski definition) is 2. The summed E-state index contributed by atoms with van der Waals surface area (Å²) in [5.41, 5.74) is 0. The maximum Gasteiger partial charge on any atom is 0.329 e. The summed E-state index contributed by atoms with van der Waals surface area (Å²) in [5, 5.41) is 0. The zero-order valence-corrected chi connectivity index (χ0v) is 8.76. The summed E-state index contributed by atoms with van der Waals surface area (Å²) in [7, 11) is 7.85. The van der Waals surface area contributed by atoms with Gasteiger partial charge in [-0.15, -0.1) is 0 Å². The second-order valence-corrected chi connectivity index (χ2v) is 3.33. The first kappa shape index (κ1) is 13.7. The Bertz CT molecular complexity index is 136. The highest BCUT2D eigenvalue weighted by atomic mass is 16.5. The maximum absolute atomic E-state index is 9.84. The first-order valence-corrected chi connectivity index (χ1v) is 3.88. The molecule has 0 radical (unpaired) electrons. The van der Waals surface area contributed by atoms with Crippen LogP contribution in [0.25, 0.3) is 0 Å². The van der Waals surface area contributed by atoms with E-state index in [0.29, 0.717) is 0 Å². The van der Waals surface area contributed by atoms with E-state index in [1.54, 1.807) is 0 Å². The molecule has 0 saturated carbocycles. The van der Waals surface area contributed by atoms with Gasteiger partial charge in [-0.05, 0) is 6.92 Å². The van der Waals surface area contributed by atoms with Crippen molar-refractivity contribution in [1.82, 2.24) is 0 Å². The molecule has 0 atom stereocenters. The maximum atomic E-state index is 9.84. The molecule has 0 spiro atoms. The Hall–Kier alpha value is -0.830. The molecule has 0 saturated heterocycles. The van der Waals surface area contributed by atoms with Crippen LogP contribution in [0.2, 0.25) is 0 Å². The van der Waals surface area contributed by atoms with Gasteiger partial charge >= 0.3 is 5.97 Å². The summed E-state index contributed by atoms with van der Waals surface area (Å²) >= 11 is 0. The van der Waals surface area contributed by atoms with Crippen LogP contribution >= 0.6 is 0 Å². The van der Waals surface area contributed by atoms with Gasteiger partial charge in [-0.3, -0.25) is 0 Å². The van der Waals surface area contributed by atoms with Crippen molar-refractivity contribution in [2.24, 2.45) is 0 Å². The van der Waals surface area contributed by atoms with Gasteiger partial charge in [0.25, 0.3) is 0 Å². The van der Waals surface area contributed by atoms with Gasteiger partial charge in [0.2, 0.25) is 0 Å². The summed E-state index contributed by atoms with van der Waals surface area (Å²) < 4.78 is 5.21. The minimum absolute atomic E-state index is 0.394. The summed E-state index contributed by atoms with van der Waals surface area (Å²) in [6.07, 6.45) is 1.11. The molecule has 12 heavy (non-hydrogen) atoms. The number of carbonyl (C=O) groups is 1. The molecular formula is C9H20NO2+. The van der Waals surface area contributed by atoms with E-state index in [-0.39, 0.29) is 0 Å². The molecule has 72 valence electrons. The van der Waals surface area contributed by atoms with Gasteiger partial charge < -0.3 is 9.22 Å². The third-order valence-corrected chi connectivity index (χ3v) is 1.32. The lowest BCUT2D eigenvalue weighted by atomic mass is 10.6. The molecule has 0 aromatic rings. The Morgan fingerprint density at radius 1 is 1.50 bits per heavy atom. The minimum atomic E-state index is -0.394. The van der Waals surface area contributed by atoms with Crippen molar-refractivity contribution < 1.29 is 14.0 Å². The molecule has 0 aromatic heterocycles. The van der Waals surface area contributed by atoms with Crippen molar-refractivity contribution in [3.05, 3.63) is 12.7 Å². The van der Waals surface area contributed by atoms with Gasteiger partial charge in [0.15, 0.2) is 0 Å². The highest BCUT2D eigenvalue weighted by Crippen LogP contribution is 1.83.